The number of halogens is 1. The van der Waals surface area contributed by atoms with Crippen LogP contribution in [0.15, 0.2) is 60.7 Å². The maximum Gasteiger partial charge on any atom is 0.341 e. The smallest absolute Gasteiger partial charge is 0.341 e. The van der Waals surface area contributed by atoms with Crippen molar-refractivity contribution < 1.29 is 23.8 Å². The van der Waals surface area contributed by atoms with E-state index in [4.69, 9.17) is 14.6 Å². The van der Waals surface area contributed by atoms with Gasteiger partial charge in [0.15, 0.2) is 18.2 Å². The minimum Gasteiger partial charge on any atom is -0.479 e. The molecule has 2 aromatic rings. The molecule has 0 aromatic heterocycles. The van der Waals surface area contributed by atoms with E-state index in [1.54, 1.807) is 12.1 Å². The molecule has 1 heterocycles. The summed E-state index contributed by atoms with van der Waals surface area (Å²) < 4.78 is 26.8. The molecule has 5 heteroatoms. The Hall–Kier alpha value is -2.66. The van der Waals surface area contributed by atoms with E-state index in [-0.39, 0.29) is 23.7 Å². The lowest BCUT2D eigenvalue weighted by atomic mass is 9.74. The second kappa shape index (κ2) is 12.0. The highest BCUT2D eigenvalue weighted by Gasteiger charge is 2.41. The zero-order valence-corrected chi connectivity index (χ0v) is 19.6. The lowest BCUT2D eigenvalue weighted by Gasteiger charge is -2.43. The molecule has 0 aliphatic carbocycles. The van der Waals surface area contributed by atoms with Crippen LogP contribution < -0.4 is 4.74 Å². The molecule has 1 fully saturated rings. The van der Waals surface area contributed by atoms with Gasteiger partial charge >= 0.3 is 5.97 Å². The van der Waals surface area contributed by atoms with Crippen LogP contribution in [0.5, 0.6) is 5.75 Å². The van der Waals surface area contributed by atoms with E-state index in [0.29, 0.717) is 5.56 Å². The summed E-state index contributed by atoms with van der Waals surface area (Å²) >= 11 is 0. The van der Waals surface area contributed by atoms with Gasteiger partial charge in [0.1, 0.15) is 0 Å². The summed E-state index contributed by atoms with van der Waals surface area (Å²) in [5.41, 5.74) is 2.75. The quantitative estimate of drug-likeness (QED) is 0.291. The van der Waals surface area contributed by atoms with E-state index in [1.165, 1.54) is 24.5 Å². The van der Waals surface area contributed by atoms with Crippen LogP contribution in [0.1, 0.15) is 75.5 Å². The molecule has 1 aliphatic rings. The Balaban J connectivity index is 1.95. The maximum absolute atomic E-state index is 14.7. The summed E-state index contributed by atoms with van der Waals surface area (Å²) in [5.74, 6) is -1.61. The molecule has 1 N–H and O–H groups in total. The van der Waals surface area contributed by atoms with Gasteiger partial charge in [0.25, 0.3) is 0 Å². The van der Waals surface area contributed by atoms with Crippen molar-refractivity contribution in [3.05, 3.63) is 77.6 Å². The third kappa shape index (κ3) is 6.44. The fraction of sp³-hybridized carbons (Fsp3) is 0.464. The van der Waals surface area contributed by atoms with Crippen LogP contribution in [0.25, 0.3) is 0 Å². The van der Waals surface area contributed by atoms with Gasteiger partial charge in [-0.05, 0) is 31.4 Å². The standard InChI is InChI=1S/C28H35FO4/c1-4-5-6-10-16-25-23(20-12-8-7-9-13-20)17-22(19(2)3)27(33-25)21-14-11-15-24(29)28(21)32-18-26(30)31/h7-9,11-15,22-23,25,27H,2,4-6,10,16-18H2,1,3H3,(H,30,31)/t22-,23+,25-,27+/m0/s1. The van der Waals surface area contributed by atoms with Crippen LogP contribution in [-0.4, -0.2) is 23.8 Å². The first-order chi connectivity index (χ1) is 15.9. The second-order valence-corrected chi connectivity index (χ2v) is 8.99. The molecule has 3 rings (SSSR count). The van der Waals surface area contributed by atoms with E-state index in [0.717, 1.165) is 31.3 Å². The average Bonchev–Trinajstić information content (AvgIpc) is 2.81. The van der Waals surface area contributed by atoms with Crippen molar-refractivity contribution in [3.63, 3.8) is 0 Å². The van der Waals surface area contributed by atoms with Gasteiger partial charge in [0, 0.05) is 17.4 Å². The molecule has 0 spiro atoms. The van der Waals surface area contributed by atoms with Crippen LogP contribution in [-0.2, 0) is 9.53 Å². The lowest BCUT2D eigenvalue weighted by molar-refractivity contribution is -0.139. The second-order valence-electron chi connectivity index (χ2n) is 8.99. The highest BCUT2D eigenvalue weighted by atomic mass is 19.1. The molecule has 1 aliphatic heterocycles. The number of unbranched alkanes of at least 4 members (excludes halogenated alkanes) is 3. The van der Waals surface area contributed by atoms with Crippen LogP contribution in [0.2, 0.25) is 0 Å². The first-order valence-electron chi connectivity index (χ1n) is 11.9. The Bertz CT molecular complexity index is 927. The monoisotopic (exact) mass is 454 g/mol. The normalized spacial score (nSPS) is 22.6. The molecule has 0 bridgehead atoms. The number of ether oxygens (including phenoxy) is 2. The molecule has 4 atom stereocenters. The molecule has 178 valence electrons. The van der Waals surface area contributed by atoms with Gasteiger partial charge in [-0.25, -0.2) is 9.18 Å². The summed E-state index contributed by atoms with van der Waals surface area (Å²) in [6, 6.07) is 15.1. The van der Waals surface area contributed by atoms with Gasteiger partial charge in [-0.3, -0.25) is 0 Å². The Morgan fingerprint density at radius 3 is 2.58 bits per heavy atom. The molecule has 1 saturated heterocycles. The number of benzene rings is 2. The third-order valence-corrected chi connectivity index (χ3v) is 6.49. The van der Waals surface area contributed by atoms with Crippen LogP contribution >= 0.6 is 0 Å². The van der Waals surface area contributed by atoms with Gasteiger partial charge < -0.3 is 14.6 Å². The van der Waals surface area contributed by atoms with Crippen molar-refractivity contribution in [2.75, 3.05) is 6.61 Å². The first kappa shape index (κ1) is 25.0. The SMILES string of the molecule is C=C(C)[C@@H]1C[C@H](c2ccccc2)[C@H](CCCCCC)O[C@@H]1c1cccc(F)c1OCC(=O)O. The molecule has 4 nitrogen and oxygen atoms in total. The van der Waals surface area contributed by atoms with Gasteiger partial charge in [-0.15, -0.1) is 0 Å². The van der Waals surface area contributed by atoms with Crippen LogP contribution in [0.4, 0.5) is 4.39 Å². The summed E-state index contributed by atoms with van der Waals surface area (Å²) in [4.78, 5) is 11.1. The first-order valence-corrected chi connectivity index (χ1v) is 11.9. The van der Waals surface area contributed by atoms with E-state index in [1.807, 2.05) is 13.0 Å². The Morgan fingerprint density at radius 2 is 1.91 bits per heavy atom. The topological polar surface area (TPSA) is 55.8 Å². The van der Waals surface area contributed by atoms with E-state index in [2.05, 4.69) is 37.8 Å². The van der Waals surface area contributed by atoms with Crippen LogP contribution in [0, 0.1) is 11.7 Å². The molecule has 0 unspecified atom stereocenters. The minimum atomic E-state index is -1.15. The zero-order chi connectivity index (χ0) is 23.8. The highest BCUT2D eigenvalue weighted by molar-refractivity contribution is 5.68. The van der Waals surface area contributed by atoms with Crippen molar-refractivity contribution in [1.29, 1.82) is 0 Å². The predicted molar refractivity (Wildman–Crippen MR) is 128 cm³/mol. The third-order valence-electron chi connectivity index (χ3n) is 6.49. The number of hydrogen-bond acceptors (Lipinski definition) is 3. The summed E-state index contributed by atoms with van der Waals surface area (Å²) in [6.07, 6.45) is 5.85. The molecule has 2 aromatic carbocycles. The summed E-state index contributed by atoms with van der Waals surface area (Å²) in [5, 5.41) is 9.06. The highest BCUT2D eigenvalue weighted by Crippen LogP contribution is 2.49. The lowest BCUT2D eigenvalue weighted by Crippen LogP contribution is -2.36. The Morgan fingerprint density at radius 1 is 1.15 bits per heavy atom. The number of carboxylic acid groups (broad SMARTS) is 1. The van der Waals surface area contributed by atoms with E-state index < -0.39 is 24.5 Å². The fourth-order valence-electron chi connectivity index (χ4n) is 4.80. The Labute approximate surface area is 196 Å². The number of hydrogen-bond donors (Lipinski definition) is 1. The van der Waals surface area contributed by atoms with Crippen LogP contribution in [0.3, 0.4) is 0 Å². The fourth-order valence-corrected chi connectivity index (χ4v) is 4.80. The molecular weight excluding hydrogens is 419 g/mol. The summed E-state index contributed by atoms with van der Waals surface area (Å²) in [7, 11) is 0. The summed E-state index contributed by atoms with van der Waals surface area (Å²) in [6.45, 7) is 7.77. The van der Waals surface area contributed by atoms with Crippen molar-refractivity contribution >= 4 is 5.97 Å². The number of rotatable bonds is 11. The van der Waals surface area contributed by atoms with E-state index >= 15 is 0 Å². The average molecular weight is 455 g/mol. The van der Waals surface area contributed by atoms with Crippen molar-refractivity contribution in [2.45, 2.75) is 70.5 Å². The molecular formula is C28H35FO4. The molecule has 0 amide bonds. The van der Waals surface area contributed by atoms with Gasteiger partial charge in [-0.2, -0.15) is 0 Å². The van der Waals surface area contributed by atoms with Crippen molar-refractivity contribution in [1.82, 2.24) is 0 Å². The molecule has 33 heavy (non-hydrogen) atoms. The molecule has 0 radical (unpaired) electrons. The minimum absolute atomic E-state index is 0.0274. The van der Waals surface area contributed by atoms with Gasteiger partial charge in [0.05, 0.1) is 12.2 Å². The van der Waals surface area contributed by atoms with Crippen molar-refractivity contribution in [3.8, 4) is 5.75 Å². The largest absolute Gasteiger partial charge is 0.479 e. The number of para-hydroxylation sites is 1. The van der Waals surface area contributed by atoms with Gasteiger partial charge in [0.2, 0.25) is 0 Å². The van der Waals surface area contributed by atoms with Gasteiger partial charge in [-0.1, -0.05) is 87.2 Å². The molecule has 0 saturated carbocycles. The van der Waals surface area contributed by atoms with E-state index in [9.17, 15) is 9.18 Å². The number of carbonyl (C=O) groups is 1. The number of aliphatic carboxylic acids is 1. The van der Waals surface area contributed by atoms with Crippen molar-refractivity contribution in [2.24, 2.45) is 5.92 Å². The number of carboxylic acids is 1. The predicted octanol–water partition coefficient (Wildman–Crippen LogP) is 7.07. The maximum atomic E-state index is 14.7. The zero-order valence-electron chi connectivity index (χ0n) is 19.6. The Kier molecular flexibility index (Phi) is 9.07.